The first-order valence-corrected chi connectivity index (χ1v) is 9.59. The lowest BCUT2D eigenvalue weighted by Crippen LogP contribution is -2.32. The number of nitrogens with one attached hydrogen (secondary N) is 1. The van der Waals surface area contributed by atoms with Gasteiger partial charge in [-0.05, 0) is 54.6 Å². The van der Waals surface area contributed by atoms with E-state index in [1.54, 1.807) is 18.3 Å². The van der Waals surface area contributed by atoms with Gasteiger partial charge in [0.1, 0.15) is 5.75 Å². The highest BCUT2D eigenvalue weighted by Gasteiger charge is 2.28. The molecule has 4 rings (SSSR count). The van der Waals surface area contributed by atoms with E-state index in [-0.39, 0.29) is 16.9 Å². The number of benzene rings is 1. The van der Waals surface area contributed by atoms with Crippen molar-refractivity contribution in [1.29, 1.82) is 0 Å². The molecule has 0 radical (unpaired) electrons. The van der Waals surface area contributed by atoms with E-state index in [1.165, 1.54) is 12.3 Å². The second-order valence-corrected chi connectivity index (χ2v) is 7.59. The van der Waals surface area contributed by atoms with E-state index in [0.717, 1.165) is 36.8 Å². The molecule has 0 atom stereocenters. The fraction of sp³-hybridized carbons (Fsp3) is 0.318. The minimum Gasteiger partial charge on any atom is -0.505 e. The van der Waals surface area contributed by atoms with Gasteiger partial charge in [-0.25, -0.2) is 9.97 Å². The Morgan fingerprint density at radius 3 is 2.83 bits per heavy atom. The first-order chi connectivity index (χ1) is 14.0. The SMILES string of the molecule is CC1(COc2nccc3cc(NC(=O)c4ncccc4O)ccc23)CCOCC1. The summed E-state index contributed by atoms with van der Waals surface area (Å²) in [4.78, 5) is 20.7. The van der Waals surface area contributed by atoms with Crippen LogP contribution in [0.15, 0.2) is 48.8 Å². The molecule has 7 nitrogen and oxygen atoms in total. The summed E-state index contributed by atoms with van der Waals surface area (Å²) >= 11 is 0. The maximum absolute atomic E-state index is 12.4. The van der Waals surface area contributed by atoms with Crippen molar-refractivity contribution in [3.05, 3.63) is 54.5 Å². The predicted octanol–water partition coefficient (Wildman–Crippen LogP) is 3.78. The zero-order valence-electron chi connectivity index (χ0n) is 16.2. The van der Waals surface area contributed by atoms with E-state index in [2.05, 4.69) is 22.2 Å². The lowest BCUT2D eigenvalue weighted by atomic mass is 9.83. The Bertz CT molecular complexity index is 1030. The summed E-state index contributed by atoms with van der Waals surface area (Å²) in [6.07, 6.45) is 5.09. The number of aromatic hydroxyl groups is 1. The topological polar surface area (TPSA) is 93.6 Å². The van der Waals surface area contributed by atoms with Crippen LogP contribution in [0.3, 0.4) is 0 Å². The number of ether oxygens (including phenoxy) is 2. The van der Waals surface area contributed by atoms with E-state index in [9.17, 15) is 9.90 Å². The zero-order chi connectivity index (χ0) is 20.3. The van der Waals surface area contributed by atoms with Crippen molar-refractivity contribution in [2.75, 3.05) is 25.1 Å². The smallest absolute Gasteiger partial charge is 0.278 e. The van der Waals surface area contributed by atoms with Crippen LogP contribution in [0, 0.1) is 5.41 Å². The van der Waals surface area contributed by atoms with Crippen LogP contribution in [-0.4, -0.2) is 40.8 Å². The largest absolute Gasteiger partial charge is 0.505 e. The highest BCUT2D eigenvalue weighted by Crippen LogP contribution is 2.32. The van der Waals surface area contributed by atoms with Crippen LogP contribution in [-0.2, 0) is 4.74 Å². The van der Waals surface area contributed by atoms with Crippen molar-refractivity contribution in [2.24, 2.45) is 5.41 Å². The van der Waals surface area contributed by atoms with Crippen LogP contribution in [0.1, 0.15) is 30.3 Å². The van der Waals surface area contributed by atoms with Crippen LogP contribution in [0.25, 0.3) is 10.8 Å². The summed E-state index contributed by atoms with van der Waals surface area (Å²) in [5, 5.41) is 14.3. The maximum atomic E-state index is 12.4. The van der Waals surface area contributed by atoms with Gasteiger partial charge in [-0.2, -0.15) is 0 Å². The van der Waals surface area contributed by atoms with Crippen molar-refractivity contribution < 1.29 is 19.4 Å². The molecule has 7 heteroatoms. The van der Waals surface area contributed by atoms with Gasteiger partial charge in [0, 0.05) is 42.1 Å². The van der Waals surface area contributed by atoms with Gasteiger partial charge < -0.3 is 19.9 Å². The zero-order valence-corrected chi connectivity index (χ0v) is 16.2. The molecule has 1 amide bonds. The molecule has 0 saturated carbocycles. The molecule has 1 saturated heterocycles. The minimum absolute atomic E-state index is 0.0175. The number of pyridine rings is 2. The molecular formula is C22H23N3O4. The first kappa shape index (κ1) is 19.1. The van der Waals surface area contributed by atoms with Gasteiger partial charge >= 0.3 is 0 Å². The summed E-state index contributed by atoms with van der Waals surface area (Å²) in [7, 11) is 0. The fourth-order valence-corrected chi connectivity index (χ4v) is 3.36. The number of fused-ring (bicyclic) bond motifs is 1. The Kier molecular flexibility index (Phi) is 5.31. The minimum atomic E-state index is -0.472. The quantitative estimate of drug-likeness (QED) is 0.685. The van der Waals surface area contributed by atoms with Crippen LogP contribution >= 0.6 is 0 Å². The third-order valence-corrected chi connectivity index (χ3v) is 5.24. The van der Waals surface area contributed by atoms with E-state index in [1.807, 2.05) is 18.2 Å². The molecule has 3 heterocycles. The molecule has 1 aliphatic heterocycles. The third kappa shape index (κ3) is 4.30. The molecule has 0 spiro atoms. The molecule has 0 unspecified atom stereocenters. The lowest BCUT2D eigenvalue weighted by Gasteiger charge is -2.33. The number of aromatic nitrogens is 2. The van der Waals surface area contributed by atoms with E-state index in [4.69, 9.17) is 9.47 Å². The normalized spacial score (nSPS) is 15.8. The number of anilines is 1. The lowest BCUT2D eigenvalue weighted by molar-refractivity contribution is -0.000207. The Labute approximate surface area is 168 Å². The van der Waals surface area contributed by atoms with Gasteiger partial charge in [0.05, 0.1) is 6.61 Å². The molecule has 1 fully saturated rings. The number of nitrogens with zero attached hydrogens (tertiary/aromatic N) is 2. The molecule has 3 aromatic rings. The van der Waals surface area contributed by atoms with Crippen molar-refractivity contribution in [2.45, 2.75) is 19.8 Å². The summed E-state index contributed by atoms with van der Waals surface area (Å²) in [5.74, 6) is -0.0526. The van der Waals surface area contributed by atoms with Gasteiger partial charge in [0.15, 0.2) is 5.69 Å². The Balaban J connectivity index is 1.51. The van der Waals surface area contributed by atoms with Gasteiger partial charge in [-0.3, -0.25) is 4.79 Å². The maximum Gasteiger partial charge on any atom is 0.278 e. The van der Waals surface area contributed by atoms with Crippen molar-refractivity contribution in [3.63, 3.8) is 0 Å². The van der Waals surface area contributed by atoms with Crippen molar-refractivity contribution in [1.82, 2.24) is 9.97 Å². The van der Waals surface area contributed by atoms with E-state index in [0.29, 0.717) is 18.2 Å². The molecule has 29 heavy (non-hydrogen) atoms. The van der Waals surface area contributed by atoms with Crippen LogP contribution in [0.4, 0.5) is 5.69 Å². The molecule has 1 aromatic carbocycles. The highest BCUT2D eigenvalue weighted by atomic mass is 16.5. The Morgan fingerprint density at radius 1 is 1.21 bits per heavy atom. The molecule has 2 aromatic heterocycles. The first-order valence-electron chi connectivity index (χ1n) is 9.59. The standard InChI is InChI=1S/C22H23N3O4/c1-22(7-11-28-12-8-22)14-29-21-17-5-4-16(13-15(17)6-10-24-21)25-20(27)19-18(26)3-2-9-23-19/h2-6,9-10,13,26H,7-8,11-12,14H2,1H3,(H,25,27). The number of rotatable bonds is 5. The molecule has 1 aliphatic rings. The molecule has 150 valence electrons. The predicted molar refractivity (Wildman–Crippen MR) is 109 cm³/mol. The molecule has 0 aliphatic carbocycles. The van der Waals surface area contributed by atoms with E-state index >= 15 is 0 Å². The van der Waals surface area contributed by atoms with Crippen molar-refractivity contribution >= 4 is 22.4 Å². The summed E-state index contributed by atoms with van der Waals surface area (Å²) in [6, 6.07) is 10.4. The number of carbonyl (C=O) groups excluding carboxylic acids is 1. The van der Waals surface area contributed by atoms with Crippen molar-refractivity contribution in [3.8, 4) is 11.6 Å². The Hall–Kier alpha value is -3.19. The highest BCUT2D eigenvalue weighted by molar-refractivity contribution is 6.05. The van der Waals surface area contributed by atoms with Gasteiger partial charge in [0.2, 0.25) is 5.88 Å². The third-order valence-electron chi connectivity index (χ3n) is 5.24. The average molecular weight is 393 g/mol. The number of hydrogen-bond donors (Lipinski definition) is 2. The molecule has 0 bridgehead atoms. The second kappa shape index (κ2) is 8.05. The van der Waals surface area contributed by atoms with E-state index < -0.39 is 5.91 Å². The van der Waals surface area contributed by atoms with Crippen LogP contribution in [0.5, 0.6) is 11.6 Å². The van der Waals surface area contributed by atoms with Gasteiger partial charge in [-0.1, -0.05) is 6.92 Å². The summed E-state index contributed by atoms with van der Waals surface area (Å²) < 4.78 is 11.5. The monoisotopic (exact) mass is 393 g/mol. The fourth-order valence-electron chi connectivity index (χ4n) is 3.36. The summed E-state index contributed by atoms with van der Waals surface area (Å²) in [5.41, 5.74) is 0.665. The van der Waals surface area contributed by atoms with Gasteiger partial charge in [0.25, 0.3) is 5.91 Å². The number of hydrogen-bond acceptors (Lipinski definition) is 6. The number of carbonyl (C=O) groups is 1. The van der Waals surface area contributed by atoms with Gasteiger partial charge in [-0.15, -0.1) is 0 Å². The average Bonchev–Trinajstić information content (AvgIpc) is 2.73. The Morgan fingerprint density at radius 2 is 2.03 bits per heavy atom. The number of amides is 1. The molecule has 2 N–H and O–H groups in total. The van der Waals surface area contributed by atoms with Crippen LogP contribution < -0.4 is 10.1 Å². The second-order valence-electron chi connectivity index (χ2n) is 7.59. The summed E-state index contributed by atoms with van der Waals surface area (Å²) in [6.45, 7) is 4.32. The molecular weight excluding hydrogens is 370 g/mol. The van der Waals surface area contributed by atoms with Crippen LogP contribution in [0.2, 0.25) is 0 Å².